The van der Waals surface area contributed by atoms with Gasteiger partial charge in [0.05, 0.1) is 0 Å². The van der Waals surface area contributed by atoms with E-state index in [0.717, 1.165) is 36.6 Å². The third kappa shape index (κ3) is 3.15. The molecular weight excluding hydrogens is 228 g/mol. The Labute approximate surface area is 109 Å². The van der Waals surface area contributed by atoms with Gasteiger partial charge in [-0.2, -0.15) is 0 Å². The normalized spacial score (nSPS) is 15.8. The van der Waals surface area contributed by atoms with Crippen molar-refractivity contribution < 1.29 is 9.47 Å². The van der Waals surface area contributed by atoms with Gasteiger partial charge in [0, 0.05) is 12.6 Å². The second-order valence-electron chi connectivity index (χ2n) is 4.77. The van der Waals surface area contributed by atoms with E-state index < -0.39 is 0 Å². The van der Waals surface area contributed by atoms with Crippen molar-refractivity contribution in [2.24, 2.45) is 5.73 Å². The van der Waals surface area contributed by atoms with Gasteiger partial charge in [-0.3, -0.25) is 0 Å². The van der Waals surface area contributed by atoms with Crippen LogP contribution in [0.1, 0.15) is 24.9 Å². The lowest BCUT2D eigenvalue weighted by atomic mass is 10.1. The molecule has 1 aliphatic heterocycles. The maximum absolute atomic E-state index is 6.22. The molecule has 1 unspecified atom stereocenters. The summed E-state index contributed by atoms with van der Waals surface area (Å²) in [5.41, 5.74) is 7.32. The molecule has 4 heteroatoms. The topological polar surface area (TPSA) is 47.7 Å². The zero-order valence-corrected chi connectivity index (χ0v) is 11.2. The highest BCUT2D eigenvalue weighted by atomic mass is 16.6. The Morgan fingerprint density at radius 1 is 1.28 bits per heavy atom. The summed E-state index contributed by atoms with van der Waals surface area (Å²) in [4.78, 5) is 2.25. The third-order valence-electron chi connectivity index (χ3n) is 3.11. The Bertz CT molecular complexity index is 395. The highest BCUT2D eigenvalue weighted by molar-refractivity contribution is 5.44. The number of hydrogen-bond acceptors (Lipinski definition) is 4. The standard InChI is InChI=1S/C14H22N2O2/c1-3-6-16(2)10-12(15)11-4-5-13-14(9-11)18-8-7-17-13/h4-5,9,12H,3,6-8,10,15H2,1-2H3. The number of benzene rings is 1. The monoisotopic (exact) mass is 250 g/mol. The van der Waals surface area contributed by atoms with Crippen LogP contribution in [0.3, 0.4) is 0 Å². The van der Waals surface area contributed by atoms with Gasteiger partial charge >= 0.3 is 0 Å². The summed E-state index contributed by atoms with van der Waals surface area (Å²) in [7, 11) is 2.10. The second kappa shape index (κ2) is 6.07. The largest absolute Gasteiger partial charge is 0.486 e. The highest BCUT2D eigenvalue weighted by Gasteiger charge is 2.15. The summed E-state index contributed by atoms with van der Waals surface area (Å²) in [5, 5.41) is 0. The summed E-state index contributed by atoms with van der Waals surface area (Å²) in [5.74, 6) is 1.63. The molecule has 0 radical (unpaired) electrons. The van der Waals surface area contributed by atoms with Gasteiger partial charge in [0.2, 0.25) is 0 Å². The first-order valence-corrected chi connectivity index (χ1v) is 6.54. The number of ether oxygens (including phenoxy) is 2. The lowest BCUT2D eigenvalue weighted by molar-refractivity contribution is 0.171. The van der Waals surface area contributed by atoms with E-state index >= 15 is 0 Å². The van der Waals surface area contributed by atoms with Crippen molar-refractivity contribution in [1.82, 2.24) is 4.90 Å². The van der Waals surface area contributed by atoms with E-state index in [9.17, 15) is 0 Å². The zero-order chi connectivity index (χ0) is 13.0. The molecule has 0 saturated heterocycles. The van der Waals surface area contributed by atoms with Crippen molar-refractivity contribution in [2.75, 3.05) is 33.4 Å². The van der Waals surface area contributed by atoms with Crippen molar-refractivity contribution >= 4 is 0 Å². The Balaban J connectivity index is 2.04. The lowest BCUT2D eigenvalue weighted by Gasteiger charge is -2.23. The smallest absolute Gasteiger partial charge is 0.161 e. The first-order valence-electron chi connectivity index (χ1n) is 6.54. The minimum absolute atomic E-state index is 0.0115. The summed E-state index contributed by atoms with van der Waals surface area (Å²) in [6, 6.07) is 5.98. The van der Waals surface area contributed by atoms with E-state index in [2.05, 4.69) is 18.9 Å². The number of nitrogens with two attached hydrogens (primary N) is 1. The highest BCUT2D eigenvalue weighted by Crippen LogP contribution is 2.32. The first-order chi connectivity index (χ1) is 8.70. The second-order valence-corrected chi connectivity index (χ2v) is 4.77. The molecule has 1 aliphatic rings. The molecule has 100 valence electrons. The fourth-order valence-electron chi connectivity index (χ4n) is 2.20. The van der Waals surface area contributed by atoms with Crippen LogP contribution in [0.15, 0.2) is 18.2 Å². The molecule has 18 heavy (non-hydrogen) atoms. The molecule has 0 bridgehead atoms. The van der Waals surface area contributed by atoms with Crippen LogP contribution in [0.2, 0.25) is 0 Å². The van der Waals surface area contributed by atoms with Gasteiger partial charge in [-0.25, -0.2) is 0 Å². The minimum Gasteiger partial charge on any atom is -0.486 e. The van der Waals surface area contributed by atoms with Gasteiger partial charge in [0.15, 0.2) is 11.5 Å². The average Bonchev–Trinajstić information content (AvgIpc) is 2.38. The van der Waals surface area contributed by atoms with Gasteiger partial charge < -0.3 is 20.1 Å². The average molecular weight is 250 g/mol. The van der Waals surface area contributed by atoms with Gasteiger partial charge in [0.25, 0.3) is 0 Å². The summed E-state index contributed by atoms with van der Waals surface area (Å²) < 4.78 is 11.1. The Morgan fingerprint density at radius 3 is 2.72 bits per heavy atom. The fourth-order valence-corrected chi connectivity index (χ4v) is 2.20. The molecule has 1 heterocycles. The SMILES string of the molecule is CCCN(C)CC(N)c1ccc2c(c1)OCCO2. The first kappa shape index (κ1) is 13.2. The molecule has 1 atom stereocenters. The molecule has 0 fully saturated rings. The molecular formula is C14H22N2O2. The molecule has 2 N–H and O–H groups in total. The van der Waals surface area contributed by atoms with Crippen LogP contribution in [-0.4, -0.2) is 38.3 Å². The molecule has 0 aliphatic carbocycles. The molecule has 1 aromatic rings. The number of likely N-dealkylation sites (N-methyl/N-ethyl adjacent to an activating group) is 1. The number of nitrogens with zero attached hydrogens (tertiary/aromatic N) is 1. The maximum Gasteiger partial charge on any atom is 0.161 e. The quantitative estimate of drug-likeness (QED) is 0.865. The molecule has 0 amide bonds. The zero-order valence-electron chi connectivity index (χ0n) is 11.2. The van der Waals surface area contributed by atoms with Crippen LogP contribution in [-0.2, 0) is 0 Å². The van der Waals surface area contributed by atoms with Crippen LogP contribution in [0.25, 0.3) is 0 Å². The molecule has 0 saturated carbocycles. The lowest BCUT2D eigenvalue weighted by Crippen LogP contribution is -2.29. The maximum atomic E-state index is 6.22. The molecule has 2 rings (SSSR count). The number of rotatable bonds is 5. The Morgan fingerprint density at radius 2 is 2.00 bits per heavy atom. The fraction of sp³-hybridized carbons (Fsp3) is 0.571. The number of fused-ring (bicyclic) bond motifs is 1. The Hall–Kier alpha value is -1.26. The van der Waals surface area contributed by atoms with Crippen molar-refractivity contribution in [3.8, 4) is 11.5 Å². The summed E-state index contributed by atoms with van der Waals surface area (Å²) in [6.07, 6.45) is 1.14. The summed E-state index contributed by atoms with van der Waals surface area (Å²) >= 11 is 0. The van der Waals surface area contributed by atoms with E-state index in [-0.39, 0.29) is 6.04 Å². The van der Waals surface area contributed by atoms with Crippen LogP contribution < -0.4 is 15.2 Å². The molecule has 4 nitrogen and oxygen atoms in total. The van der Waals surface area contributed by atoms with Crippen molar-refractivity contribution in [3.05, 3.63) is 23.8 Å². The van der Waals surface area contributed by atoms with E-state index in [0.29, 0.717) is 13.2 Å². The van der Waals surface area contributed by atoms with Crippen LogP contribution in [0.5, 0.6) is 11.5 Å². The van der Waals surface area contributed by atoms with Crippen molar-refractivity contribution in [2.45, 2.75) is 19.4 Å². The van der Waals surface area contributed by atoms with Crippen LogP contribution >= 0.6 is 0 Å². The van der Waals surface area contributed by atoms with Crippen LogP contribution in [0.4, 0.5) is 0 Å². The molecule has 1 aromatic carbocycles. The molecule has 0 aromatic heterocycles. The predicted octanol–water partition coefficient (Wildman–Crippen LogP) is 1.80. The third-order valence-corrected chi connectivity index (χ3v) is 3.11. The van der Waals surface area contributed by atoms with Gasteiger partial charge in [-0.15, -0.1) is 0 Å². The summed E-state index contributed by atoms with van der Waals surface area (Å²) in [6.45, 7) is 5.33. The van der Waals surface area contributed by atoms with Gasteiger partial charge in [-0.05, 0) is 37.7 Å². The van der Waals surface area contributed by atoms with E-state index in [1.807, 2.05) is 18.2 Å². The predicted molar refractivity (Wildman–Crippen MR) is 72.1 cm³/mol. The van der Waals surface area contributed by atoms with Gasteiger partial charge in [-0.1, -0.05) is 13.0 Å². The van der Waals surface area contributed by atoms with E-state index in [4.69, 9.17) is 15.2 Å². The minimum atomic E-state index is 0.0115. The van der Waals surface area contributed by atoms with Gasteiger partial charge in [0.1, 0.15) is 13.2 Å². The number of hydrogen-bond donors (Lipinski definition) is 1. The molecule has 0 spiro atoms. The Kier molecular flexibility index (Phi) is 4.44. The van der Waals surface area contributed by atoms with E-state index in [1.54, 1.807) is 0 Å². The van der Waals surface area contributed by atoms with Crippen molar-refractivity contribution in [3.63, 3.8) is 0 Å². The van der Waals surface area contributed by atoms with Crippen LogP contribution in [0, 0.1) is 0 Å². The van der Waals surface area contributed by atoms with E-state index in [1.165, 1.54) is 0 Å². The van der Waals surface area contributed by atoms with Crippen molar-refractivity contribution in [1.29, 1.82) is 0 Å².